The molecular formula is C10H8BrF3INO3. The fourth-order valence-electron chi connectivity index (χ4n) is 1.27. The van der Waals surface area contributed by atoms with Gasteiger partial charge in [-0.1, -0.05) is 15.9 Å². The lowest BCUT2D eigenvalue weighted by Crippen LogP contribution is -2.21. The van der Waals surface area contributed by atoms with Gasteiger partial charge in [-0.15, -0.1) is 13.2 Å². The van der Waals surface area contributed by atoms with Crippen molar-refractivity contribution < 1.29 is 27.4 Å². The van der Waals surface area contributed by atoms with Gasteiger partial charge in [-0.3, -0.25) is 4.79 Å². The van der Waals surface area contributed by atoms with Crippen molar-refractivity contribution in [3.63, 3.8) is 0 Å². The molecule has 0 aliphatic heterocycles. The van der Waals surface area contributed by atoms with Crippen LogP contribution in [0, 0.1) is 3.70 Å². The highest BCUT2D eigenvalue weighted by Gasteiger charge is 2.34. The molecule has 0 N–H and O–H groups in total. The molecule has 0 aromatic carbocycles. The number of halogens is 5. The monoisotopic (exact) mass is 453 g/mol. The van der Waals surface area contributed by atoms with Crippen LogP contribution in [-0.2, 0) is 21.3 Å². The first-order chi connectivity index (χ1) is 8.78. The minimum atomic E-state index is -4.84. The Labute approximate surface area is 128 Å². The number of hydrogen-bond donors (Lipinski definition) is 0. The lowest BCUT2D eigenvalue weighted by Gasteiger charge is -2.16. The number of methoxy groups -OCH3 is 1. The fraction of sp³-hybridized carbons (Fsp3) is 0.400. The molecule has 106 valence electrons. The number of hydrogen-bond acceptors (Lipinski definition) is 4. The Morgan fingerprint density at radius 2 is 2.16 bits per heavy atom. The molecule has 9 heteroatoms. The summed E-state index contributed by atoms with van der Waals surface area (Å²) in [7, 11) is 1.15. The van der Waals surface area contributed by atoms with Gasteiger partial charge in [-0.05, 0) is 22.6 Å². The predicted octanol–water partition coefficient (Wildman–Crippen LogP) is 3.20. The third kappa shape index (κ3) is 4.79. The van der Waals surface area contributed by atoms with E-state index in [4.69, 9.17) is 0 Å². The van der Waals surface area contributed by atoms with Crippen LogP contribution in [0.2, 0.25) is 0 Å². The molecule has 4 nitrogen and oxygen atoms in total. The van der Waals surface area contributed by atoms with Gasteiger partial charge in [0, 0.05) is 22.7 Å². The molecule has 1 aromatic heterocycles. The molecular weight excluding hydrogens is 446 g/mol. The van der Waals surface area contributed by atoms with Gasteiger partial charge in [0.2, 0.25) is 0 Å². The van der Waals surface area contributed by atoms with Crippen LogP contribution in [0.3, 0.4) is 0 Å². The van der Waals surface area contributed by atoms with Crippen LogP contribution in [0.5, 0.6) is 5.75 Å². The Hall–Kier alpha value is -0.580. The molecule has 0 saturated carbocycles. The molecule has 0 radical (unpaired) electrons. The number of pyridine rings is 1. The van der Waals surface area contributed by atoms with Crippen LogP contribution < -0.4 is 4.74 Å². The van der Waals surface area contributed by atoms with Gasteiger partial charge in [0.05, 0.1) is 13.5 Å². The molecule has 0 bridgehead atoms. The Morgan fingerprint density at radius 1 is 1.53 bits per heavy atom. The van der Waals surface area contributed by atoms with Gasteiger partial charge in [0.15, 0.2) is 0 Å². The molecule has 1 aromatic rings. The quantitative estimate of drug-likeness (QED) is 0.304. The molecule has 0 unspecified atom stereocenters. The van der Waals surface area contributed by atoms with Crippen molar-refractivity contribution in [1.29, 1.82) is 0 Å². The maximum absolute atomic E-state index is 12.4. The number of aromatic nitrogens is 1. The molecule has 0 atom stereocenters. The molecule has 0 fully saturated rings. The number of ether oxygens (including phenoxy) is 2. The van der Waals surface area contributed by atoms with E-state index in [1.807, 2.05) is 0 Å². The van der Waals surface area contributed by atoms with E-state index in [-0.39, 0.29) is 26.6 Å². The summed E-state index contributed by atoms with van der Waals surface area (Å²) in [5.41, 5.74) is 0.262. The number of carbonyl (C=O) groups is 1. The zero-order valence-electron chi connectivity index (χ0n) is 9.55. The van der Waals surface area contributed by atoms with Crippen molar-refractivity contribution in [2.45, 2.75) is 18.1 Å². The minimum Gasteiger partial charge on any atom is -0.469 e. The molecule has 0 saturated heterocycles. The number of carbonyl (C=O) groups excluding carboxylic acids is 1. The first-order valence-electron chi connectivity index (χ1n) is 4.83. The normalized spacial score (nSPS) is 11.3. The summed E-state index contributed by atoms with van der Waals surface area (Å²) in [6.45, 7) is 0. The largest absolute Gasteiger partial charge is 0.573 e. The van der Waals surface area contributed by atoms with E-state index >= 15 is 0 Å². The first-order valence-corrected chi connectivity index (χ1v) is 7.03. The van der Waals surface area contributed by atoms with E-state index in [1.165, 1.54) is 6.20 Å². The number of esters is 1. The average Bonchev–Trinajstić information content (AvgIpc) is 2.32. The van der Waals surface area contributed by atoms with E-state index in [9.17, 15) is 18.0 Å². The lowest BCUT2D eigenvalue weighted by atomic mass is 10.1. The highest BCUT2D eigenvalue weighted by molar-refractivity contribution is 14.1. The van der Waals surface area contributed by atoms with Crippen molar-refractivity contribution >= 4 is 44.5 Å². The smallest absolute Gasteiger partial charge is 0.469 e. The zero-order chi connectivity index (χ0) is 14.6. The standard InChI is InChI=1S/C10H8BrF3INO3/c1-18-7(17)2-6-8(19-10(12,13)14)5(3-11)4-16-9(6)15/h4H,2-3H2,1H3. The first kappa shape index (κ1) is 16.5. The predicted molar refractivity (Wildman–Crippen MR) is 72.0 cm³/mol. The topological polar surface area (TPSA) is 48.4 Å². The van der Waals surface area contributed by atoms with Gasteiger partial charge >= 0.3 is 12.3 Å². The Kier molecular flexibility index (Phi) is 5.83. The van der Waals surface area contributed by atoms with Gasteiger partial charge in [0.25, 0.3) is 0 Å². The molecule has 19 heavy (non-hydrogen) atoms. The van der Waals surface area contributed by atoms with Crippen molar-refractivity contribution in [1.82, 2.24) is 4.98 Å². The number of nitrogens with zero attached hydrogens (tertiary/aromatic N) is 1. The van der Waals surface area contributed by atoms with Gasteiger partial charge in [0.1, 0.15) is 9.45 Å². The maximum Gasteiger partial charge on any atom is 0.573 e. The van der Waals surface area contributed by atoms with Crippen LogP contribution in [-0.4, -0.2) is 24.4 Å². The number of alkyl halides is 4. The highest BCUT2D eigenvalue weighted by Crippen LogP contribution is 2.33. The zero-order valence-corrected chi connectivity index (χ0v) is 13.3. The van der Waals surface area contributed by atoms with Crippen molar-refractivity contribution in [3.8, 4) is 5.75 Å². The summed E-state index contributed by atoms with van der Waals surface area (Å²) in [6, 6.07) is 0. The van der Waals surface area contributed by atoms with Crippen LogP contribution in [0.1, 0.15) is 11.1 Å². The summed E-state index contributed by atoms with van der Waals surface area (Å²) in [5, 5.41) is 0.122. The van der Waals surface area contributed by atoms with Crippen LogP contribution in [0.15, 0.2) is 6.20 Å². The Balaban J connectivity index is 3.28. The van der Waals surface area contributed by atoms with E-state index in [0.29, 0.717) is 0 Å². The van der Waals surface area contributed by atoms with Crippen molar-refractivity contribution in [2.24, 2.45) is 0 Å². The van der Waals surface area contributed by atoms with E-state index in [1.54, 1.807) is 22.6 Å². The van der Waals surface area contributed by atoms with Crippen molar-refractivity contribution in [3.05, 3.63) is 21.0 Å². The van der Waals surface area contributed by atoms with E-state index in [0.717, 1.165) is 7.11 Å². The molecule has 1 rings (SSSR count). The van der Waals surface area contributed by atoms with Crippen molar-refractivity contribution in [2.75, 3.05) is 7.11 Å². The second-order valence-electron chi connectivity index (χ2n) is 3.32. The van der Waals surface area contributed by atoms with E-state index < -0.39 is 18.1 Å². The SMILES string of the molecule is COC(=O)Cc1c(I)ncc(CBr)c1OC(F)(F)F. The molecule has 0 aliphatic carbocycles. The Morgan fingerprint density at radius 3 is 2.63 bits per heavy atom. The van der Waals surface area contributed by atoms with Gasteiger partial charge in [-0.2, -0.15) is 0 Å². The summed E-state index contributed by atoms with van der Waals surface area (Å²) >= 11 is 4.79. The van der Waals surface area contributed by atoms with E-state index in [2.05, 4.69) is 30.4 Å². The molecule has 1 heterocycles. The third-order valence-electron chi connectivity index (χ3n) is 2.06. The number of rotatable bonds is 4. The highest BCUT2D eigenvalue weighted by atomic mass is 127. The third-order valence-corrected chi connectivity index (χ3v) is 3.59. The summed E-state index contributed by atoms with van der Waals surface area (Å²) in [5.74, 6) is -1.08. The second kappa shape index (κ2) is 6.73. The Bertz CT molecular complexity index is 482. The van der Waals surface area contributed by atoms with Crippen LogP contribution in [0.25, 0.3) is 0 Å². The maximum atomic E-state index is 12.4. The second-order valence-corrected chi connectivity index (χ2v) is 4.90. The average molecular weight is 454 g/mol. The minimum absolute atomic E-state index is 0.0572. The molecule has 0 amide bonds. The van der Waals surface area contributed by atoms with Gasteiger partial charge < -0.3 is 9.47 Å². The fourth-order valence-corrected chi connectivity index (χ4v) is 2.24. The summed E-state index contributed by atoms with van der Waals surface area (Å²) < 4.78 is 45.9. The molecule has 0 aliphatic rings. The molecule has 0 spiro atoms. The van der Waals surface area contributed by atoms with Crippen LogP contribution in [0.4, 0.5) is 13.2 Å². The summed E-state index contributed by atoms with van der Waals surface area (Å²) in [4.78, 5) is 15.2. The van der Waals surface area contributed by atoms with Crippen LogP contribution >= 0.6 is 38.5 Å². The summed E-state index contributed by atoms with van der Waals surface area (Å²) in [6.07, 6.45) is -3.92. The lowest BCUT2D eigenvalue weighted by molar-refractivity contribution is -0.275. The van der Waals surface area contributed by atoms with Gasteiger partial charge in [-0.25, -0.2) is 4.98 Å².